The van der Waals surface area contributed by atoms with Crippen LogP contribution in [0.1, 0.15) is 24.8 Å². The smallest absolute Gasteiger partial charge is 0.191 e. The molecule has 2 rings (SSSR count). The Labute approximate surface area is 186 Å². The Morgan fingerprint density at radius 1 is 1.23 bits per heavy atom. The van der Waals surface area contributed by atoms with Crippen molar-refractivity contribution in [3.05, 3.63) is 28.8 Å². The number of nitrogens with one attached hydrogen (secondary N) is 2. The lowest BCUT2D eigenvalue weighted by Crippen LogP contribution is -2.49. The van der Waals surface area contributed by atoms with Gasteiger partial charge in [0.2, 0.25) is 0 Å². The molecule has 0 radical (unpaired) electrons. The average molecular weight is 441 g/mol. The van der Waals surface area contributed by atoms with Crippen LogP contribution < -0.4 is 15.4 Å². The third-order valence-corrected chi connectivity index (χ3v) is 5.91. The van der Waals surface area contributed by atoms with Gasteiger partial charge in [0.1, 0.15) is 5.75 Å². The van der Waals surface area contributed by atoms with Gasteiger partial charge in [-0.3, -0.25) is 4.99 Å². The third-order valence-electron chi connectivity index (χ3n) is 5.67. The number of hydrogen-bond donors (Lipinski definition) is 2. The van der Waals surface area contributed by atoms with Crippen LogP contribution in [-0.2, 0) is 14.9 Å². The molecule has 2 N–H and O–H groups in total. The van der Waals surface area contributed by atoms with Gasteiger partial charge < -0.3 is 29.7 Å². The van der Waals surface area contributed by atoms with Gasteiger partial charge in [-0.05, 0) is 44.5 Å². The molecule has 1 saturated heterocycles. The molecule has 0 bridgehead atoms. The monoisotopic (exact) mass is 440 g/mol. The van der Waals surface area contributed by atoms with Gasteiger partial charge in [0.05, 0.1) is 7.11 Å². The number of aliphatic imine (C=N–C) groups is 1. The van der Waals surface area contributed by atoms with Crippen LogP contribution in [0.5, 0.6) is 5.75 Å². The first kappa shape index (κ1) is 24.7. The Morgan fingerprint density at radius 3 is 2.67 bits per heavy atom. The van der Waals surface area contributed by atoms with Crippen molar-refractivity contribution >= 4 is 17.6 Å². The van der Waals surface area contributed by atoms with E-state index >= 15 is 0 Å². The molecule has 0 spiro atoms. The predicted molar refractivity (Wildman–Crippen MR) is 123 cm³/mol. The van der Waals surface area contributed by atoms with Crippen LogP contribution in [-0.4, -0.2) is 85.2 Å². The first-order valence-electron chi connectivity index (χ1n) is 10.6. The second-order valence-electron chi connectivity index (χ2n) is 7.74. The minimum atomic E-state index is -0.122. The lowest BCUT2D eigenvalue weighted by Gasteiger charge is -2.39. The molecule has 7 nitrogen and oxygen atoms in total. The van der Waals surface area contributed by atoms with Gasteiger partial charge in [0.15, 0.2) is 5.96 Å². The average Bonchev–Trinajstić information content (AvgIpc) is 2.77. The highest BCUT2D eigenvalue weighted by Gasteiger charge is 2.37. The fourth-order valence-electron chi connectivity index (χ4n) is 3.83. The molecule has 30 heavy (non-hydrogen) atoms. The van der Waals surface area contributed by atoms with Crippen LogP contribution in [0.15, 0.2) is 23.2 Å². The van der Waals surface area contributed by atoms with Crippen molar-refractivity contribution < 1.29 is 14.2 Å². The van der Waals surface area contributed by atoms with Gasteiger partial charge >= 0.3 is 0 Å². The van der Waals surface area contributed by atoms with E-state index in [1.165, 1.54) is 0 Å². The highest BCUT2D eigenvalue weighted by molar-refractivity contribution is 6.30. The number of benzene rings is 1. The molecule has 8 heteroatoms. The number of rotatable bonds is 11. The van der Waals surface area contributed by atoms with E-state index in [9.17, 15) is 0 Å². The number of nitrogens with zero attached hydrogens (tertiary/aromatic N) is 2. The van der Waals surface area contributed by atoms with Crippen molar-refractivity contribution in [2.24, 2.45) is 4.99 Å². The lowest BCUT2D eigenvalue weighted by atomic mass is 9.73. The van der Waals surface area contributed by atoms with E-state index < -0.39 is 0 Å². The summed E-state index contributed by atoms with van der Waals surface area (Å²) in [6, 6.07) is 5.84. The Hall–Kier alpha value is -1.54. The highest BCUT2D eigenvalue weighted by atomic mass is 35.5. The van der Waals surface area contributed by atoms with E-state index in [1.807, 2.05) is 18.2 Å². The molecule has 0 atom stereocenters. The Balaban J connectivity index is 1.97. The van der Waals surface area contributed by atoms with Gasteiger partial charge in [-0.2, -0.15) is 0 Å². The Morgan fingerprint density at radius 2 is 2.00 bits per heavy atom. The molecule has 1 fully saturated rings. The normalized spacial score (nSPS) is 16.5. The lowest BCUT2D eigenvalue weighted by molar-refractivity contribution is 0.0505. The maximum absolute atomic E-state index is 6.33. The summed E-state index contributed by atoms with van der Waals surface area (Å²) in [5.41, 5.74) is 1.00. The van der Waals surface area contributed by atoms with E-state index in [0.717, 1.165) is 87.6 Å². The fourth-order valence-corrected chi connectivity index (χ4v) is 4.00. The van der Waals surface area contributed by atoms with Gasteiger partial charge in [-0.25, -0.2) is 0 Å². The molecule has 1 aliphatic rings. The zero-order valence-corrected chi connectivity index (χ0v) is 19.6. The maximum atomic E-state index is 6.33. The summed E-state index contributed by atoms with van der Waals surface area (Å²) in [5.74, 6) is 1.66. The molecule has 0 aromatic heterocycles. The predicted octanol–water partition coefficient (Wildman–Crippen LogP) is 2.53. The number of halogens is 1. The summed E-state index contributed by atoms with van der Waals surface area (Å²) < 4.78 is 16.4. The van der Waals surface area contributed by atoms with Crippen molar-refractivity contribution in [2.75, 3.05) is 74.3 Å². The van der Waals surface area contributed by atoms with Crippen LogP contribution in [0.4, 0.5) is 0 Å². The first-order valence-corrected chi connectivity index (χ1v) is 11.0. The molecule has 0 saturated carbocycles. The minimum Gasteiger partial charge on any atom is -0.496 e. The van der Waals surface area contributed by atoms with Crippen LogP contribution >= 0.6 is 11.6 Å². The Kier molecular flexibility index (Phi) is 10.7. The van der Waals surface area contributed by atoms with Crippen LogP contribution in [0, 0.1) is 0 Å². The number of likely N-dealkylation sites (N-methyl/N-ethyl adjacent to an activating group) is 1. The molecule has 1 aromatic rings. The summed E-state index contributed by atoms with van der Waals surface area (Å²) in [6.07, 6.45) is 2.83. The third kappa shape index (κ3) is 7.30. The van der Waals surface area contributed by atoms with Gasteiger partial charge in [-0.1, -0.05) is 11.6 Å². The van der Waals surface area contributed by atoms with E-state index in [0.29, 0.717) is 0 Å². The van der Waals surface area contributed by atoms with Crippen molar-refractivity contribution in [1.29, 1.82) is 0 Å². The number of guanidine groups is 1. The Bertz CT molecular complexity index is 666. The zero-order valence-electron chi connectivity index (χ0n) is 18.8. The molecule has 1 aliphatic heterocycles. The molecular formula is C22H37ClN4O3. The van der Waals surface area contributed by atoms with Crippen LogP contribution in [0.25, 0.3) is 0 Å². The van der Waals surface area contributed by atoms with E-state index in [2.05, 4.69) is 27.6 Å². The molecule has 1 heterocycles. The summed E-state index contributed by atoms with van der Waals surface area (Å²) >= 11 is 6.33. The first-order chi connectivity index (χ1) is 14.5. The van der Waals surface area contributed by atoms with Gasteiger partial charge in [-0.15, -0.1) is 0 Å². The summed E-state index contributed by atoms with van der Waals surface area (Å²) in [5, 5.41) is 7.66. The summed E-state index contributed by atoms with van der Waals surface area (Å²) in [6.45, 7) is 5.73. The van der Waals surface area contributed by atoms with Gasteiger partial charge in [0.25, 0.3) is 0 Å². The molecule has 0 amide bonds. The summed E-state index contributed by atoms with van der Waals surface area (Å²) in [7, 11) is 7.36. The van der Waals surface area contributed by atoms with E-state index in [-0.39, 0.29) is 5.41 Å². The van der Waals surface area contributed by atoms with Crippen molar-refractivity contribution in [1.82, 2.24) is 15.5 Å². The SMILES string of the molecule is CN=C(NCCN(C)CCCOC)NCC1(c2cc(Cl)ccc2OC)CCOCC1. The zero-order chi connectivity index (χ0) is 21.8. The molecule has 1 aromatic carbocycles. The second-order valence-corrected chi connectivity index (χ2v) is 8.18. The van der Waals surface area contributed by atoms with E-state index in [1.54, 1.807) is 21.3 Å². The topological polar surface area (TPSA) is 67.4 Å². The van der Waals surface area contributed by atoms with Crippen molar-refractivity contribution in [3.8, 4) is 5.75 Å². The van der Waals surface area contributed by atoms with Crippen LogP contribution in [0.3, 0.4) is 0 Å². The number of hydrogen-bond acceptors (Lipinski definition) is 5. The quantitative estimate of drug-likeness (QED) is 0.313. The number of methoxy groups -OCH3 is 2. The summed E-state index contributed by atoms with van der Waals surface area (Å²) in [4.78, 5) is 6.68. The molecule has 170 valence electrons. The van der Waals surface area contributed by atoms with E-state index in [4.69, 9.17) is 25.8 Å². The van der Waals surface area contributed by atoms with Crippen molar-refractivity contribution in [3.63, 3.8) is 0 Å². The van der Waals surface area contributed by atoms with Crippen LogP contribution in [0.2, 0.25) is 5.02 Å². The number of ether oxygens (including phenoxy) is 3. The second kappa shape index (κ2) is 13.0. The van der Waals surface area contributed by atoms with Gasteiger partial charge in [0, 0.05) is 76.2 Å². The molecule has 0 unspecified atom stereocenters. The largest absolute Gasteiger partial charge is 0.496 e. The van der Waals surface area contributed by atoms with Crippen molar-refractivity contribution in [2.45, 2.75) is 24.7 Å². The molecular weight excluding hydrogens is 404 g/mol. The minimum absolute atomic E-state index is 0.122. The fraction of sp³-hybridized carbons (Fsp3) is 0.682. The maximum Gasteiger partial charge on any atom is 0.191 e. The highest BCUT2D eigenvalue weighted by Crippen LogP contribution is 2.40. The standard InChI is InChI=1S/C22H37ClN4O3/c1-24-21(25-10-12-27(2)11-5-13-28-3)26-17-22(8-14-30-15-9-22)19-16-18(23)6-7-20(19)29-4/h6-7,16H,5,8-15,17H2,1-4H3,(H2,24,25,26). The molecule has 0 aliphatic carbocycles.